The standard InChI is InChI=1S/C19H28N6S/c1-15-5-3-6-25(12-15)18-11-17(20-14-21-18)23-7-4-8-24(10-9-23)19-22-16(2)13-26-19/h11,13-15H,3-10,12H2,1-2H3. The van der Waals surface area contributed by atoms with Gasteiger partial charge in [-0.25, -0.2) is 15.0 Å². The molecular formula is C19H28N6S. The number of thiazole rings is 1. The van der Waals surface area contributed by atoms with Gasteiger partial charge >= 0.3 is 0 Å². The summed E-state index contributed by atoms with van der Waals surface area (Å²) in [6, 6.07) is 2.18. The van der Waals surface area contributed by atoms with Crippen LogP contribution in [-0.2, 0) is 0 Å². The first-order valence-corrected chi connectivity index (χ1v) is 10.6. The molecule has 2 saturated heterocycles. The molecule has 0 radical (unpaired) electrons. The van der Waals surface area contributed by atoms with E-state index in [4.69, 9.17) is 0 Å². The van der Waals surface area contributed by atoms with E-state index in [9.17, 15) is 0 Å². The minimum atomic E-state index is 0.746. The van der Waals surface area contributed by atoms with Crippen LogP contribution in [0.5, 0.6) is 0 Å². The third kappa shape index (κ3) is 3.92. The summed E-state index contributed by atoms with van der Waals surface area (Å²) in [6.45, 7) is 10.7. The molecule has 2 aliphatic heterocycles. The van der Waals surface area contributed by atoms with E-state index in [1.807, 2.05) is 0 Å². The van der Waals surface area contributed by atoms with Crippen molar-refractivity contribution < 1.29 is 0 Å². The Balaban J connectivity index is 1.45. The van der Waals surface area contributed by atoms with Gasteiger partial charge in [-0.2, -0.15) is 0 Å². The maximum atomic E-state index is 4.65. The normalized spacial score (nSPS) is 21.8. The molecule has 0 aliphatic carbocycles. The zero-order chi connectivity index (χ0) is 17.9. The molecule has 0 amide bonds. The number of rotatable bonds is 3. The predicted octanol–water partition coefficient (Wildman–Crippen LogP) is 3.19. The lowest BCUT2D eigenvalue weighted by atomic mass is 10.0. The van der Waals surface area contributed by atoms with Crippen LogP contribution in [0.2, 0.25) is 0 Å². The number of hydrogen-bond acceptors (Lipinski definition) is 7. The molecule has 7 heteroatoms. The van der Waals surface area contributed by atoms with Crippen molar-refractivity contribution in [1.29, 1.82) is 0 Å². The molecule has 4 heterocycles. The number of piperidine rings is 1. The van der Waals surface area contributed by atoms with Crippen LogP contribution in [-0.4, -0.2) is 54.2 Å². The minimum Gasteiger partial charge on any atom is -0.356 e. The molecule has 6 nitrogen and oxygen atoms in total. The number of nitrogens with zero attached hydrogens (tertiary/aromatic N) is 6. The first-order chi connectivity index (χ1) is 12.7. The van der Waals surface area contributed by atoms with Gasteiger partial charge in [0, 0.05) is 50.7 Å². The van der Waals surface area contributed by atoms with Crippen LogP contribution in [0.25, 0.3) is 0 Å². The highest BCUT2D eigenvalue weighted by Gasteiger charge is 2.21. The van der Waals surface area contributed by atoms with E-state index in [-0.39, 0.29) is 0 Å². The Bertz CT molecular complexity index is 732. The van der Waals surface area contributed by atoms with Crippen LogP contribution >= 0.6 is 11.3 Å². The van der Waals surface area contributed by atoms with Crippen LogP contribution in [0.4, 0.5) is 16.8 Å². The van der Waals surface area contributed by atoms with Crippen LogP contribution in [0.3, 0.4) is 0 Å². The van der Waals surface area contributed by atoms with E-state index >= 15 is 0 Å². The molecule has 0 aromatic carbocycles. The van der Waals surface area contributed by atoms with Crippen molar-refractivity contribution in [3.05, 3.63) is 23.5 Å². The molecule has 2 aromatic rings. The highest BCUT2D eigenvalue weighted by atomic mass is 32.1. The van der Waals surface area contributed by atoms with E-state index in [0.717, 1.165) is 74.1 Å². The van der Waals surface area contributed by atoms with Gasteiger partial charge in [0.15, 0.2) is 5.13 Å². The lowest BCUT2D eigenvalue weighted by Gasteiger charge is -2.32. The van der Waals surface area contributed by atoms with Crippen molar-refractivity contribution in [2.24, 2.45) is 5.92 Å². The summed E-state index contributed by atoms with van der Waals surface area (Å²) >= 11 is 1.75. The van der Waals surface area contributed by atoms with Crippen LogP contribution in [0, 0.1) is 12.8 Å². The molecule has 2 fully saturated rings. The number of aryl methyl sites for hydroxylation is 1. The Morgan fingerprint density at radius 1 is 0.962 bits per heavy atom. The fourth-order valence-corrected chi connectivity index (χ4v) is 4.76. The zero-order valence-corrected chi connectivity index (χ0v) is 16.6. The second kappa shape index (κ2) is 7.78. The van der Waals surface area contributed by atoms with Gasteiger partial charge in [0.1, 0.15) is 18.0 Å². The van der Waals surface area contributed by atoms with Crippen molar-refractivity contribution in [2.45, 2.75) is 33.1 Å². The zero-order valence-electron chi connectivity index (χ0n) is 15.8. The summed E-state index contributed by atoms with van der Waals surface area (Å²) in [6.07, 6.45) is 5.44. The summed E-state index contributed by atoms with van der Waals surface area (Å²) in [7, 11) is 0. The average molecular weight is 373 g/mol. The molecule has 1 unspecified atom stereocenters. The highest BCUT2D eigenvalue weighted by molar-refractivity contribution is 7.13. The van der Waals surface area contributed by atoms with E-state index in [0.29, 0.717) is 0 Å². The topological polar surface area (TPSA) is 48.4 Å². The molecule has 26 heavy (non-hydrogen) atoms. The van der Waals surface area contributed by atoms with Gasteiger partial charge in [0.05, 0.1) is 5.69 Å². The third-order valence-electron chi connectivity index (χ3n) is 5.32. The number of aromatic nitrogens is 3. The van der Waals surface area contributed by atoms with Crippen molar-refractivity contribution in [3.8, 4) is 0 Å². The monoisotopic (exact) mass is 372 g/mol. The van der Waals surface area contributed by atoms with Gasteiger partial charge in [-0.3, -0.25) is 0 Å². The van der Waals surface area contributed by atoms with Crippen LogP contribution in [0.15, 0.2) is 17.8 Å². The Kier molecular flexibility index (Phi) is 5.24. The predicted molar refractivity (Wildman–Crippen MR) is 109 cm³/mol. The van der Waals surface area contributed by atoms with Gasteiger partial charge in [-0.05, 0) is 32.1 Å². The summed E-state index contributed by atoms with van der Waals surface area (Å²) < 4.78 is 0. The Morgan fingerprint density at radius 3 is 2.46 bits per heavy atom. The molecule has 2 aromatic heterocycles. The molecule has 1 atom stereocenters. The van der Waals surface area contributed by atoms with E-state index in [1.165, 1.54) is 12.8 Å². The molecule has 0 bridgehead atoms. The molecule has 4 rings (SSSR count). The summed E-state index contributed by atoms with van der Waals surface area (Å²) in [5.74, 6) is 2.89. The Hall–Kier alpha value is -1.89. The smallest absolute Gasteiger partial charge is 0.185 e. The molecule has 0 N–H and O–H groups in total. The van der Waals surface area contributed by atoms with Gasteiger partial charge in [-0.1, -0.05) is 6.92 Å². The number of anilines is 3. The lowest BCUT2D eigenvalue weighted by Crippen LogP contribution is -2.35. The van der Waals surface area contributed by atoms with E-state index in [1.54, 1.807) is 17.7 Å². The van der Waals surface area contributed by atoms with Crippen LogP contribution < -0.4 is 14.7 Å². The van der Waals surface area contributed by atoms with Crippen LogP contribution in [0.1, 0.15) is 31.9 Å². The van der Waals surface area contributed by atoms with Gasteiger partial charge in [0.25, 0.3) is 0 Å². The first kappa shape index (κ1) is 17.5. The van der Waals surface area contributed by atoms with Crippen molar-refractivity contribution in [1.82, 2.24) is 15.0 Å². The molecule has 2 aliphatic rings. The van der Waals surface area contributed by atoms with E-state index < -0.39 is 0 Å². The SMILES string of the molecule is Cc1csc(N2CCCN(c3cc(N4CCCC(C)C4)ncn3)CC2)n1. The Labute approximate surface area is 159 Å². The fourth-order valence-electron chi connectivity index (χ4n) is 3.91. The van der Waals surface area contributed by atoms with Gasteiger partial charge in [-0.15, -0.1) is 11.3 Å². The van der Waals surface area contributed by atoms with Crippen molar-refractivity contribution in [3.63, 3.8) is 0 Å². The lowest BCUT2D eigenvalue weighted by molar-refractivity contribution is 0.444. The van der Waals surface area contributed by atoms with Crippen molar-refractivity contribution >= 4 is 28.1 Å². The summed E-state index contributed by atoms with van der Waals surface area (Å²) in [4.78, 5) is 21.0. The molecular weight excluding hydrogens is 344 g/mol. The second-order valence-corrected chi connectivity index (χ2v) is 8.36. The van der Waals surface area contributed by atoms with Gasteiger partial charge in [0.2, 0.25) is 0 Å². The molecule has 140 valence electrons. The maximum absolute atomic E-state index is 4.65. The number of hydrogen-bond donors (Lipinski definition) is 0. The quantitative estimate of drug-likeness (QED) is 0.825. The largest absolute Gasteiger partial charge is 0.356 e. The minimum absolute atomic E-state index is 0.746. The Morgan fingerprint density at radius 2 is 1.69 bits per heavy atom. The highest BCUT2D eigenvalue weighted by Crippen LogP contribution is 2.25. The summed E-state index contributed by atoms with van der Waals surface area (Å²) in [5.41, 5.74) is 1.11. The fraction of sp³-hybridized carbons (Fsp3) is 0.632. The first-order valence-electron chi connectivity index (χ1n) is 9.68. The van der Waals surface area contributed by atoms with Gasteiger partial charge < -0.3 is 14.7 Å². The molecule has 0 spiro atoms. The summed E-state index contributed by atoms with van der Waals surface area (Å²) in [5, 5.41) is 3.28. The van der Waals surface area contributed by atoms with E-state index in [2.05, 4.69) is 54.9 Å². The molecule has 0 saturated carbocycles. The third-order valence-corrected chi connectivity index (χ3v) is 6.34. The average Bonchev–Trinajstić information content (AvgIpc) is 2.94. The maximum Gasteiger partial charge on any atom is 0.185 e. The second-order valence-electron chi connectivity index (χ2n) is 7.53. The van der Waals surface area contributed by atoms with Crippen molar-refractivity contribution in [2.75, 3.05) is 54.0 Å².